The topological polar surface area (TPSA) is 41.1 Å². The Bertz CT molecular complexity index is 390. The number of anilines is 2. The van der Waals surface area contributed by atoms with E-state index in [-0.39, 0.29) is 0 Å². The summed E-state index contributed by atoms with van der Waals surface area (Å²) in [5.41, 5.74) is 0. The van der Waals surface area contributed by atoms with E-state index in [1.807, 2.05) is 7.05 Å². The van der Waals surface area contributed by atoms with E-state index >= 15 is 0 Å². The van der Waals surface area contributed by atoms with Crippen molar-refractivity contribution in [3.8, 4) is 0 Å². The fourth-order valence-electron chi connectivity index (χ4n) is 1.80. The summed E-state index contributed by atoms with van der Waals surface area (Å²) >= 11 is 6.20. The van der Waals surface area contributed by atoms with Crippen molar-refractivity contribution in [2.45, 2.75) is 32.7 Å². The Morgan fingerprint density at radius 2 is 2.24 bits per heavy atom. The molecule has 1 fully saturated rings. The molecule has 4 nitrogen and oxygen atoms in total. The van der Waals surface area contributed by atoms with Gasteiger partial charge in [0.2, 0.25) is 5.95 Å². The highest BCUT2D eigenvalue weighted by Crippen LogP contribution is 2.34. The summed E-state index contributed by atoms with van der Waals surface area (Å²) in [6.07, 6.45) is 4.31. The molecule has 1 aliphatic rings. The molecule has 1 aromatic rings. The lowest BCUT2D eigenvalue weighted by Crippen LogP contribution is -2.34. The predicted octanol–water partition coefficient (Wildman–Crippen LogP) is 2.80. The minimum Gasteiger partial charge on any atom is -0.357 e. The smallest absolute Gasteiger partial charge is 0.224 e. The molecule has 94 valence electrons. The number of nitrogens with zero attached hydrogens (tertiary/aromatic N) is 3. The van der Waals surface area contributed by atoms with Gasteiger partial charge >= 0.3 is 0 Å². The molecule has 1 N–H and O–H groups in total. The molecule has 0 saturated heterocycles. The molecule has 0 atom stereocenters. The Labute approximate surface area is 107 Å². The highest BCUT2D eigenvalue weighted by atomic mass is 35.5. The van der Waals surface area contributed by atoms with Gasteiger partial charge in [-0.25, -0.2) is 4.98 Å². The standard InChI is InChI=1S/C12H19ClN4/c1-8(2)17(7-9-4-5-9)11-10(13)6-15-12(14-3)16-11/h6,8-9H,4-5,7H2,1-3H3,(H,14,15,16). The minimum absolute atomic E-state index is 0.396. The minimum atomic E-state index is 0.396. The maximum Gasteiger partial charge on any atom is 0.224 e. The van der Waals surface area contributed by atoms with Crippen molar-refractivity contribution in [2.24, 2.45) is 5.92 Å². The van der Waals surface area contributed by atoms with Gasteiger partial charge in [0.05, 0.1) is 6.20 Å². The average Bonchev–Trinajstić information content (AvgIpc) is 3.10. The molecule has 1 saturated carbocycles. The molecule has 0 spiro atoms. The molecule has 0 aliphatic heterocycles. The normalized spacial score (nSPS) is 15.1. The molecule has 17 heavy (non-hydrogen) atoms. The molecule has 5 heteroatoms. The first-order chi connectivity index (χ1) is 8.11. The van der Waals surface area contributed by atoms with Crippen LogP contribution in [-0.2, 0) is 0 Å². The van der Waals surface area contributed by atoms with E-state index in [4.69, 9.17) is 11.6 Å². The Hall–Kier alpha value is -1.03. The molecule has 0 unspecified atom stereocenters. The zero-order chi connectivity index (χ0) is 12.4. The maximum absolute atomic E-state index is 6.20. The van der Waals surface area contributed by atoms with E-state index in [1.165, 1.54) is 12.8 Å². The van der Waals surface area contributed by atoms with E-state index in [9.17, 15) is 0 Å². The fourth-order valence-corrected chi connectivity index (χ4v) is 2.00. The fraction of sp³-hybridized carbons (Fsp3) is 0.667. The van der Waals surface area contributed by atoms with Gasteiger partial charge in [0.1, 0.15) is 5.02 Å². The molecular formula is C12H19ClN4. The van der Waals surface area contributed by atoms with Crippen LogP contribution in [-0.4, -0.2) is 29.6 Å². The summed E-state index contributed by atoms with van der Waals surface area (Å²) in [6, 6.07) is 0.396. The van der Waals surface area contributed by atoms with Crippen LogP contribution in [0.1, 0.15) is 26.7 Å². The average molecular weight is 255 g/mol. The summed E-state index contributed by atoms with van der Waals surface area (Å²) in [6.45, 7) is 5.37. The van der Waals surface area contributed by atoms with Crippen LogP contribution < -0.4 is 10.2 Å². The van der Waals surface area contributed by atoms with Gasteiger partial charge in [0.15, 0.2) is 5.82 Å². The van der Waals surface area contributed by atoms with Gasteiger partial charge in [-0.3, -0.25) is 0 Å². The second kappa shape index (κ2) is 5.08. The lowest BCUT2D eigenvalue weighted by molar-refractivity contribution is 0.636. The highest BCUT2D eigenvalue weighted by Gasteiger charge is 2.27. The van der Waals surface area contributed by atoms with E-state index in [0.717, 1.165) is 18.3 Å². The van der Waals surface area contributed by atoms with Crippen molar-refractivity contribution in [1.82, 2.24) is 9.97 Å². The monoisotopic (exact) mass is 254 g/mol. The van der Waals surface area contributed by atoms with Gasteiger partial charge in [-0.05, 0) is 32.6 Å². The van der Waals surface area contributed by atoms with E-state index in [0.29, 0.717) is 17.0 Å². The van der Waals surface area contributed by atoms with Gasteiger partial charge in [0, 0.05) is 19.6 Å². The first-order valence-electron chi connectivity index (χ1n) is 6.08. The lowest BCUT2D eigenvalue weighted by Gasteiger charge is -2.28. The molecule has 1 aromatic heterocycles. The Balaban J connectivity index is 2.26. The van der Waals surface area contributed by atoms with Crippen molar-refractivity contribution in [3.05, 3.63) is 11.2 Å². The van der Waals surface area contributed by atoms with Crippen molar-refractivity contribution in [3.63, 3.8) is 0 Å². The molecule has 2 rings (SSSR count). The van der Waals surface area contributed by atoms with Crippen molar-refractivity contribution >= 4 is 23.4 Å². The summed E-state index contributed by atoms with van der Waals surface area (Å²) in [4.78, 5) is 10.8. The van der Waals surface area contributed by atoms with Crippen molar-refractivity contribution < 1.29 is 0 Å². The molecule has 0 amide bonds. The summed E-state index contributed by atoms with van der Waals surface area (Å²) in [5.74, 6) is 2.26. The third-order valence-corrected chi connectivity index (χ3v) is 3.26. The summed E-state index contributed by atoms with van der Waals surface area (Å²) in [7, 11) is 1.81. The molecule has 1 aliphatic carbocycles. The van der Waals surface area contributed by atoms with Crippen LogP contribution in [0.2, 0.25) is 5.02 Å². The van der Waals surface area contributed by atoms with Crippen LogP contribution >= 0.6 is 11.6 Å². The molecule has 0 aromatic carbocycles. The third kappa shape index (κ3) is 3.00. The van der Waals surface area contributed by atoms with Crippen LogP contribution in [0.25, 0.3) is 0 Å². The van der Waals surface area contributed by atoms with E-state index in [1.54, 1.807) is 6.20 Å². The summed E-state index contributed by atoms with van der Waals surface area (Å²) in [5, 5.41) is 3.57. The van der Waals surface area contributed by atoms with Crippen LogP contribution in [0.15, 0.2) is 6.20 Å². The lowest BCUT2D eigenvalue weighted by atomic mass is 10.2. The summed E-state index contributed by atoms with van der Waals surface area (Å²) < 4.78 is 0. The largest absolute Gasteiger partial charge is 0.357 e. The van der Waals surface area contributed by atoms with Crippen LogP contribution in [0.5, 0.6) is 0 Å². The Morgan fingerprint density at radius 3 is 2.76 bits per heavy atom. The first kappa shape index (κ1) is 12.4. The number of rotatable bonds is 5. The van der Waals surface area contributed by atoms with Crippen molar-refractivity contribution in [1.29, 1.82) is 0 Å². The zero-order valence-electron chi connectivity index (χ0n) is 10.6. The third-order valence-electron chi connectivity index (χ3n) is 3.00. The number of hydrogen-bond donors (Lipinski definition) is 1. The zero-order valence-corrected chi connectivity index (χ0v) is 11.3. The molecule has 1 heterocycles. The molecule has 0 bridgehead atoms. The van der Waals surface area contributed by atoms with Crippen LogP contribution in [0, 0.1) is 5.92 Å². The van der Waals surface area contributed by atoms with Gasteiger partial charge in [-0.2, -0.15) is 4.98 Å². The van der Waals surface area contributed by atoms with E-state index in [2.05, 4.69) is 34.0 Å². The Kier molecular flexibility index (Phi) is 3.72. The Morgan fingerprint density at radius 1 is 1.53 bits per heavy atom. The number of hydrogen-bond acceptors (Lipinski definition) is 4. The van der Waals surface area contributed by atoms with Crippen LogP contribution in [0.3, 0.4) is 0 Å². The van der Waals surface area contributed by atoms with E-state index < -0.39 is 0 Å². The first-order valence-corrected chi connectivity index (χ1v) is 6.46. The SMILES string of the molecule is CNc1ncc(Cl)c(N(CC2CC2)C(C)C)n1. The number of halogens is 1. The quantitative estimate of drug-likeness (QED) is 0.877. The van der Waals surface area contributed by atoms with Gasteiger partial charge in [0.25, 0.3) is 0 Å². The maximum atomic E-state index is 6.20. The molecule has 0 radical (unpaired) electrons. The number of nitrogens with one attached hydrogen (secondary N) is 1. The van der Waals surface area contributed by atoms with Crippen molar-refractivity contribution in [2.75, 3.05) is 23.8 Å². The number of aromatic nitrogens is 2. The second-order valence-corrected chi connectivity index (χ2v) is 5.21. The highest BCUT2D eigenvalue weighted by molar-refractivity contribution is 6.32. The van der Waals surface area contributed by atoms with Gasteiger partial charge < -0.3 is 10.2 Å². The van der Waals surface area contributed by atoms with Gasteiger partial charge in [-0.15, -0.1) is 0 Å². The van der Waals surface area contributed by atoms with Gasteiger partial charge in [-0.1, -0.05) is 11.6 Å². The molecular weight excluding hydrogens is 236 g/mol. The second-order valence-electron chi connectivity index (χ2n) is 4.80. The van der Waals surface area contributed by atoms with Crippen LogP contribution in [0.4, 0.5) is 11.8 Å². The predicted molar refractivity (Wildman–Crippen MR) is 71.8 cm³/mol.